The first kappa shape index (κ1) is 20.7. The number of benzene rings is 1. The summed E-state index contributed by atoms with van der Waals surface area (Å²) in [5.74, 6) is -0.568. The van der Waals surface area contributed by atoms with E-state index in [2.05, 4.69) is 10.6 Å². The molecule has 2 amide bonds. The van der Waals surface area contributed by atoms with Crippen molar-refractivity contribution in [3.63, 3.8) is 0 Å². The fraction of sp³-hybridized carbons (Fsp3) is 0.571. The average Bonchev–Trinajstić information content (AvgIpc) is 3.39. The van der Waals surface area contributed by atoms with Gasteiger partial charge in [0.05, 0.1) is 11.3 Å². The number of hydrogen-bond donors (Lipinski definition) is 2. The van der Waals surface area contributed by atoms with Crippen LogP contribution in [0.3, 0.4) is 0 Å². The van der Waals surface area contributed by atoms with Gasteiger partial charge in [-0.15, -0.1) is 11.8 Å². The third kappa shape index (κ3) is 6.26. The quantitative estimate of drug-likeness (QED) is 0.514. The molecular formula is C21H28N2O4S. The van der Waals surface area contributed by atoms with E-state index in [1.807, 2.05) is 6.07 Å². The highest BCUT2D eigenvalue weighted by molar-refractivity contribution is 8.00. The molecule has 2 saturated carbocycles. The van der Waals surface area contributed by atoms with Gasteiger partial charge < -0.3 is 15.4 Å². The van der Waals surface area contributed by atoms with E-state index in [1.165, 1.54) is 24.6 Å². The Morgan fingerprint density at radius 3 is 2.11 bits per heavy atom. The summed E-state index contributed by atoms with van der Waals surface area (Å²) in [6.45, 7) is -0.281. The predicted octanol–water partition coefficient (Wildman–Crippen LogP) is 3.05. The molecule has 0 unspecified atom stereocenters. The number of rotatable bonds is 8. The Hall–Kier alpha value is -2.02. The highest BCUT2D eigenvalue weighted by atomic mass is 32.2. The maximum atomic E-state index is 12.4. The van der Waals surface area contributed by atoms with E-state index < -0.39 is 5.97 Å². The van der Waals surface area contributed by atoms with E-state index in [9.17, 15) is 14.4 Å². The van der Waals surface area contributed by atoms with Crippen LogP contribution in [0.5, 0.6) is 0 Å². The number of carbonyl (C=O) groups is 3. The molecule has 2 aliphatic rings. The van der Waals surface area contributed by atoms with Gasteiger partial charge >= 0.3 is 5.97 Å². The summed E-state index contributed by atoms with van der Waals surface area (Å²) in [7, 11) is 0. The minimum absolute atomic E-state index is 0.0176. The van der Waals surface area contributed by atoms with Crippen molar-refractivity contribution in [1.29, 1.82) is 0 Å². The SMILES string of the molecule is O=C(COC(=O)c1ccccc1SCC(=O)NC1CCCC1)NC1CCCC1. The zero-order chi connectivity index (χ0) is 19.8. The lowest BCUT2D eigenvalue weighted by atomic mass is 10.2. The van der Waals surface area contributed by atoms with Crippen LogP contribution in [0.15, 0.2) is 29.2 Å². The van der Waals surface area contributed by atoms with E-state index in [0.717, 1.165) is 38.5 Å². The molecule has 7 heteroatoms. The molecule has 2 aliphatic carbocycles. The van der Waals surface area contributed by atoms with Crippen LogP contribution in [0, 0.1) is 0 Å². The van der Waals surface area contributed by atoms with Crippen LogP contribution >= 0.6 is 11.8 Å². The molecule has 1 aromatic carbocycles. The molecule has 28 heavy (non-hydrogen) atoms. The first-order valence-electron chi connectivity index (χ1n) is 10.1. The second-order valence-electron chi connectivity index (χ2n) is 7.46. The summed E-state index contributed by atoms with van der Waals surface area (Å²) in [5, 5.41) is 5.94. The standard InChI is InChI=1S/C21H28N2O4S/c24-19(22-15-7-1-2-8-15)13-27-21(26)17-11-5-6-12-18(17)28-14-20(25)23-16-9-3-4-10-16/h5-6,11-12,15-16H,1-4,7-10,13-14H2,(H,22,24)(H,23,25). The van der Waals surface area contributed by atoms with Crippen molar-refractivity contribution in [3.8, 4) is 0 Å². The summed E-state index contributed by atoms with van der Waals surface area (Å²) in [4.78, 5) is 37.2. The summed E-state index contributed by atoms with van der Waals surface area (Å²) >= 11 is 1.31. The van der Waals surface area contributed by atoms with Crippen molar-refractivity contribution in [2.75, 3.05) is 12.4 Å². The van der Waals surface area contributed by atoms with Crippen LogP contribution in [0.4, 0.5) is 0 Å². The maximum Gasteiger partial charge on any atom is 0.339 e. The summed E-state index contributed by atoms with van der Waals surface area (Å²) in [5.41, 5.74) is 0.384. The predicted molar refractivity (Wildman–Crippen MR) is 108 cm³/mol. The van der Waals surface area contributed by atoms with Gasteiger partial charge in [0.25, 0.3) is 5.91 Å². The molecule has 0 radical (unpaired) electrons. The molecule has 0 saturated heterocycles. The lowest BCUT2D eigenvalue weighted by Gasteiger charge is -2.13. The first-order valence-corrected chi connectivity index (χ1v) is 11.1. The summed E-state index contributed by atoms with van der Waals surface area (Å²) in [6.07, 6.45) is 8.66. The third-order valence-electron chi connectivity index (χ3n) is 5.24. The number of esters is 1. The Morgan fingerprint density at radius 2 is 1.46 bits per heavy atom. The van der Waals surface area contributed by atoms with Crippen LogP contribution in [0.25, 0.3) is 0 Å². The van der Waals surface area contributed by atoms with Gasteiger partial charge in [-0.25, -0.2) is 4.79 Å². The van der Waals surface area contributed by atoms with Crippen LogP contribution < -0.4 is 10.6 Å². The molecule has 0 aromatic heterocycles. The van der Waals surface area contributed by atoms with Crippen molar-refractivity contribution in [3.05, 3.63) is 29.8 Å². The normalized spacial score (nSPS) is 17.4. The van der Waals surface area contributed by atoms with E-state index in [1.54, 1.807) is 18.2 Å². The van der Waals surface area contributed by atoms with Crippen molar-refractivity contribution >= 4 is 29.5 Å². The molecule has 0 aliphatic heterocycles. The number of amides is 2. The monoisotopic (exact) mass is 404 g/mol. The lowest BCUT2D eigenvalue weighted by molar-refractivity contribution is -0.125. The van der Waals surface area contributed by atoms with Crippen LogP contribution in [0.2, 0.25) is 0 Å². The smallest absolute Gasteiger partial charge is 0.339 e. The van der Waals surface area contributed by atoms with Crippen molar-refractivity contribution < 1.29 is 19.1 Å². The lowest BCUT2D eigenvalue weighted by Crippen LogP contribution is -2.36. The van der Waals surface area contributed by atoms with E-state index in [-0.39, 0.29) is 36.3 Å². The Morgan fingerprint density at radius 1 is 0.893 bits per heavy atom. The number of hydrogen-bond acceptors (Lipinski definition) is 5. The molecule has 0 bridgehead atoms. The van der Waals surface area contributed by atoms with E-state index in [4.69, 9.17) is 4.74 Å². The molecule has 1 aromatic rings. The number of carbonyl (C=O) groups excluding carboxylic acids is 3. The topological polar surface area (TPSA) is 84.5 Å². The first-order chi connectivity index (χ1) is 13.6. The number of ether oxygens (including phenoxy) is 1. The van der Waals surface area contributed by atoms with Crippen LogP contribution in [0.1, 0.15) is 61.7 Å². The summed E-state index contributed by atoms with van der Waals surface area (Å²) in [6, 6.07) is 7.51. The highest BCUT2D eigenvalue weighted by Crippen LogP contribution is 2.24. The second kappa shape index (κ2) is 10.5. The second-order valence-corrected chi connectivity index (χ2v) is 8.48. The zero-order valence-corrected chi connectivity index (χ0v) is 16.9. The molecule has 0 heterocycles. The minimum atomic E-state index is -0.541. The van der Waals surface area contributed by atoms with Crippen LogP contribution in [-0.2, 0) is 14.3 Å². The van der Waals surface area contributed by atoms with Crippen molar-refractivity contribution in [2.24, 2.45) is 0 Å². The molecule has 152 valence electrons. The Labute approximate surface area is 170 Å². The molecule has 0 spiro atoms. The van der Waals surface area contributed by atoms with Gasteiger partial charge in [-0.3, -0.25) is 9.59 Å². The largest absolute Gasteiger partial charge is 0.452 e. The average molecular weight is 405 g/mol. The highest BCUT2D eigenvalue weighted by Gasteiger charge is 2.20. The van der Waals surface area contributed by atoms with Gasteiger partial charge in [0.2, 0.25) is 5.91 Å². The molecular weight excluding hydrogens is 376 g/mol. The van der Waals surface area contributed by atoms with Crippen LogP contribution in [-0.4, -0.2) is 42.2 Å². The molecule has 3 rings (SSSR count). The van der Waals surface area contributed by atoms with E-state index >= 15 is 0 Å². The van der Waals surface area contributed by atoms with Crippen molar-refractivity contribution in [2.45, 2.75) is 68.3 Å². The Bertz CT molecular complexity index is 697. The molecule has 2 N–H and O–H groups in total. The number of nitrogens with one attached hydrogen (secondary N) is 2. The van der Waals surface area contributed by atoms with Gasteiger partial charge in [-0.05, 0) is 37.8 Å². The van der Waals surface area contributed by atoms with Gasteiger partial charge in [-0.2, -0.15) is 0 Å². The summed E-state index contributed by atoms with van der Waals surface area (Å²) < 4.78 is 5.19. The van der Waals surface area contributed by atoms with Gasteiger partial charge in [0, 0.05) is 17.0 Å². The zero-order valence-electron chi connectivity index (χ0n) is 16.1. The molecule has 0 atom stereocenters. The van der Waals surface area contributed by atoms with Gasteiger partial charge in [-0.1, -0.05) is 37.8 Å². The number of thioether (sulfide) groups is 1. The van der Waals surface area contributed by atoms with E-state index in [0.29, 0.717) is 10.5 Å². The van der Waals surface area contributed by atoms with Gasteiger partial charge in [0.1, 0.15) is 0 Å². The molecule has 2 fully saturated rings. The Kier molecular flexibility index (Phi) is 7.77. The Balaban J connectivity index is 1.47. The third-order valence-corrected chi connectivity index (χ3v) is 6.31. The fourth-order valence-electron chi connectivity index (χ4n) is 3.79. The maximum absolute atomic E-state index is 12.4. The minimum Gasteiger partial charge on any atom is -0.452 e. The fourth-order valence-corrected chi connectivity index (χ4v) is 4.64. The molecule has 6 nitrogen and oxygen atoms in total. The van der Waals surface area contributed by atoms with Gasteiger partial charge in [0.15, 0.2) is 6.61 Å². The van der Waals surface area contributed by atoms with Crippen molar-refractivity contribution in [1.82, 2.24) is 10.6 Å².